The van der Waals surface area contributed by atoms with Gasteiger partial charge in [0.05, 0.1) is 29.0 Å². The molecule has 6 rings (SSSR count). The van der Waals surface area contributed by atoms with E-state index in [0.29, 0.717) is 32.0 Å². The minimum Gasteiger partial charge on any atom is -0.497 e. The summed E-state index contributed by atoms with van der Waals surface area (Å²) in [6.45, 7) is 1.82. The lowest BCUT2D eigenvalue weighted by molar-refractivity contribution is -0.113. The molecule has 1 N–H and O–H groups in total. The van der Waals surface area contributed by atoms with E-state index >= 15 is 0 Å². The van der Waals surface area contributed by atoms with Crippen LogP contribution in [-0.2, 0) is 11.8 Å². The zero-order chi connectivity index (χ0) is 27.1. The van der Waals surface area contributed by atoms with E-state index in [1.54, 1.807) is 11.7 Å². The number of thiazole rings is 1. The van der Waals surface area contributed by atoms with Gasteiger partial charge in [-0.15, -0.1) is 0 Å². The molecule has 5 aromatic rings. The fourth-order valence-electron chi connectivity index (χ4n) is 5.06. The first-order chi connectivity index (χ1) is 18.9. The van der Waals surface area contributed by atoms with Crippen LogP contribution >= 0.6 is 11.3 Å². The highest BCUT2D eigenvalue weighted by Crippen LogP contribution is 2.32. The Hall–Kier alpha value is -4.69. The summed E-state index contributed by atoms with van der Waals surface area (Å²) < 4.78 is 9.59. The van der Waals surface area contributed by atoms with Crippen LogP contribution in [0.25, 0.3) is 17.0 Å². The van der Waals surface area contributed by atoms with E-state index < -0.39 is 6.04 Å². The third-order valence-electron chi connectivity index (χ3n) is 6.94. The minimum absolute atomic E-state index is 0.190. The van der Waals surface area contributed by atoms with Crippen LogP contribution < -0.4 is 24.9 Å². The highest BCUT2D eigenvalue weighted by atomic mass is 32.1. The zero-order valence-corrected chi connectivity index (χ0v) is 22.5. The molecule has 0 radical (unpaired) electrons. The van der Waals surface area contributed by atoms with Crippen molar-refractivity contribution in [3.63, 3.8) is 0 Å². The van der Waals surface area contributed by atoms with Crippen molar-refractivity contribution in [1.29, 1.82) is 0 Å². The number of ether oxygens (including phenoxy) is 1. The van der Waals surface area contributed by atoms with E-state index in [4.69, 9.17) is 9.73 Å². The third kappa shape index (κ3) is 4.38. The van der Waals surface area contributed by atoms with Crippen molar-refractivity contribution in [2.24, 2.45) is 12.0 Å². The summed E-state index contributed by atoms with van der Waals surface area (Å²) in [7, 11) is 3.60. The van der Waals surface area contributed by atoms with Crippen molar-refractivity contribution in [1.82, 2.24) is 9.13 Å². The predicted molar refractivity (Wildman–Crippen MR) is 155 cm³/mol. The number of benzene rings is 3. The SMILES string of the molecule is COc1ccc([C@@H]2C(C(=O)Nc3ccccc3)=C(C)N=c3s/c(=C/c4cn(C)c5ccccc45)c(=O)n32)cc1. The van der Waals surface area contributed by atoms with Crippen LogP contribution in [0.15, 0.2) is 106 Å². The molecule has 194 valence electrons. The number of carbonyl (C=O) groups excluding carboxylic acids is 1. The number of rotatable bonds is 5. The first-order valence-electron chi connectivity index (χ1n) is 12.5. The molecular weight excluding hydrogens is 508 g/mol. The molecule has 0 saturated heterocycles. The maximum atomic E-state index is 14.0. The number of para-hydroxylation sites is 2. The lowest BCUT2D eigenvalue weighted by Crippen LogP contribution is -2.40. The number of carbonyl (C=O) groups is 1. The van der Waals surface area contributed by atoms with Crippen molar-refractivity contribution < 1.29 is 9.53 Å². The standard InChI is InChI=1S/C31H26N4O3S/c1-19-27(29(36)33-22-9-5-4-6-10-22)28(20-13-15-23(38-3)16-14-20)35-30(37)26(39-31(35)32-19)17-21-18-34(2)25-12-8-7-11-24(21)25/h4-18,28H,1-3H3,(H,33,36)/b26-17+/t28-/m1/s1. The second-order valence-electron chi connectivity index (χ2n) is 9.39. The summed E-state index contributed by atoms with van der Waals surface area (Å²) in [6.07, 6.45) is 3.94. The van der Waals surface area contributed by atoms with E-state index in [9.17, 15) is 9.59 Å². The number of anilines is 1. The van der Waals surface area contributed by atoms with Gasteiger partial charge >= 0.3 is 0 Å². The Morgan fingerprint density at radius 2 is 1.74 bits per heavy atom. The molecule has 0 unspecified atom stereocenters. The molecule has 1 amide bonds. The Labute approximate surface area is 228 Å². The van der Waals surface area contributed by atoms with Crippen LogP contribution in [0.1, 0.15) is 24.1 Å². The van der Waals surface area contributed by atoms with Gasteiger partial charge in [0.15, 0.2) is 4.80 Å². The molecule has 7 nitrogen and oxygen atoms in total. The van der Waals surface area contributed by atoms with Crippen LogP contribution in [0.5, 0.6) is 5.75 Å². The van der Waals surface area contributed by atoms with Gasteiger partial charge in [0, 0.05) is 35.4 Å². The number of nitrogens with one attached hydrogen (secondary N) is 1. The van der Waals surface area contributed by atoms with Gasteiger partial charge < -0.3 is 14.6 Å². The van der Waals surface area contributed by atoms with Crippen molar-refractivity contribution in [2.75, 3.05) is 12.4 Å². The first-order valence-corrected chi connectivity index (χ1v) is 13.3. The minimum atomic E-state index is -0.648. The van der Waals surface area contributed by atoms with Crippen molar-refractivity contribution in [3.8, 4) is 5.75 Å². The molecule has 0 spiro atoms. The normalized spacial score (nSPS) is 15.3. The van der Waals surface area contributed by atoms with E-state index in [2.05, 4.69) is 22.0 Å². The smallest absolute Gasteiger partial charge is 0.271 e. The topological polar surface area (TPSA) is 77.6 Å². The highest BCUT2D eigenvalue weighted by molar-refractivity contribution is 7.07. The van der Waals surface area contributed by atoms with Gasteiger partial charge in [0.1, 0.15) is 5.75 Å². The summed E-state index contributed by atoms with van der Waals surface area (Å²) in [5.41, 5.74) is 4.31. The predicted octanol–water partition coefficient (Wildman–Crippen LogP) is 4.37. The number of fused-ring (bicyclic) bond motifs is 2. The van der Waals surface area contributed by atoms with Gasteiger partial charge in [-0.3, -0.25) is 14.2 Å². The van der Waals surface area contributed by atoms with Crippen LogP contribution in [0.4, 0.5) is 5.69 Å². The summed E-state index contributed by atoms with van der Waals surface area (Å²) >= 11 is 1.33. The fraction of sp³-hybridized carbons (Fsp3) is 0.129. The fourth-order valence-corrected chi connectivity index (χ4v) is 6.10. The highest BCUT2D eigenvalue weighted by Gasteiger charge is 2.32. The molecule has 1 atom stereocenters. The molecule has 0 saturated carbocycles. The van der Waals surface area contributed by atoms with Crippen molar-refractivity contribution >= 4 is 39.9 Å². The van der Waals surface area contributed by atoms with E-state index in [1.165, 1.54) is 11.3 Å². The maximum absolute atomic E-state index is 14.0. The number of nitrogens with zero attached hydrogens (tertiary/aromatic N) is 3. The lowest BCUT2D eigenvalue weighted by atomic mass is 9.95. The molecular formula is C31H26N4O3S. The number of allylic oxidation sites excluding steroid dienone is 1. The van der Waals surface area contributed by atoms with Gasteiger partial charge in [-0.2, -0.15) is 0 Å². The molecule has 0 bridgehead atoms. The number of aryl methyl sites for hydroxylation is 1. The Kier molecular flexibility index (Phi) is 6.24. The zero-order valence-electron chi connectivity index (χ0n) is 21.7. The summed E-state index contributed by atoms with van der Waals surface area (Å²) in [4.78, 5) is 33.0. The maximum Gasteiger partial charge on any atom is 0.271 e. The second-order valence-corrected chi connectivity index (χ2v) is 10.4. The van der Waals surface area contributed by atoms with Crippen molar-refractivity contribution in [2.45, 2.75) is 13.0 Å². The average molecular weight is 535 g/mol. The largest absolute Gasteiger partial charge is 0.497 e. The van der Waals surface area contributed by atoms with Crippen LogP contribution in [0, 0.1) is 0 Å². The Morgan fingerprint density at radius 3 is 2.49 bits per heavy atom. The molecule has 1 aliphatic rings. The second kappa shape index (κ2) is 9.89. The van der Waals surface area contributed by atoms with Gasteiger partial charge in [-0.1, -0.05) is 59.9 Å². The van der Waals surface area contributed by atoms with E-state index in [1.807, 2.05) is 93.0 Å². The quantitative estimate of drug-likeness (QED) is 0.364. The van der Waals surface area contributed by atoms with E-state index in [0.717, 1.165) is 22.0 Å². The number of methoxy groups -OCH3 is 1. The summed E-state index contributed by atoms with van der Waals surface area (Å²) in [5, 5.41) is 4.05. The van der Waals surface area contributed by atoms with E-state index in [-0.39, 0.29) is 11.5 Å². The Balaban J connectivity index is 1.53. The third-order valence-corrected chi connectivity index (χ3v) is 7.93. The molecule has 8 heteroatoms. The molecule has 39 heavy (non-hydrogen) atoms. The monoisotopic (exact) mass is 534 g/mol. The van der Waals surface area contributed by atoms with Crippen LogP contribution in [0.2, 0.25) is 0 Å². The van der Waals surface area contributed by atoms with Gasteiger partial charge in [-0.05, 0) is 48.9 Å². The summed E-state index contributed by atoms with van der Waals surface area (Å²) in [5.74, 6) is 0.393. The van der Waals surface area contributed by atoms with Crippen LogP contribution in [0.3, 0.4) is 0 Å². The molecule has 3 aromatic carbocycles. The molecule has 2 aromatic heterocycles. The summed E-state index contributed by atoms with van der Waals surface area (Å²) in [6, 6.07) is 24.2. The number of amides is 1. The molecule has 3 heterocycles. The van der Waals surface area contributed by atoms with Crippen LogP contribution in [-0.4, -0.2) is 22.2 Å². The Morgan fingerprint density at radius 1 is 1.03 bits per heavy atom. The lowest BCUT2D eigenvalue weighted by Gasteiger charge is -2.25. The van der Waals surface area contributed by atoms with Gasteiger partial charge in [0.25, 0.3) is 11.5 Å². The number of hydrogen-bond acceptors (Lipinski definition) is 5. The van der Waals surface area contributed by atoms with Gasteiger partial charge in [-0.25, -0.2) is 4.99 Å². The average Bonchev–Trinajstić information content (AvgIpc) is 3.43. The first kappa shape index (κ1) is 24.6. The molecule has 0 aliphatic carbocycles. The molecule has 1 aliphatic heterocycles. The number of hydrogen-bond donors (Lipinski definition) is 1. The molecule has 0 fully saturated rings. The number of aromatic nitrogens is 2. The Bertz CT molecular complexity index is 1930. The van der Waals surface area contributed by atoms with Crippen molar-refractivity contribution in [3.05, 3.63) is 127 Å². The van der Waals surface area contributed by atoms with Gasteiger partial charge in [0.2, 0.25) is 0 Å².